The van der Waals surface area contributed by atoms with Gasteiger partial charge in [0, 0.05) is 13.1 Å². The van der Waals surface area contributed by atoms with Gasteiger partial charge in [-0.2, -0.15) is 0 Å². The van der Waals surface area contributed by atoms with Crippen molar-refractivity contribution in [3.8, 4) is 5.75 Å². The van der Waals surface area contributed by atoms with Crippen LogP contribution in [-0.2, 0) is 14.3 Å². The standard InChI is InChI=1S/C17H16I2N2O5S/c1-25-15-11(18)6-10(7-12(15)19)8-13-16(23)21(17(24)27-13)9-14(22)20-2-4-26-5-3-20/h6-8H,2-5,9H2,1H3/b13-8+. The van der Waals surface area contributed by atoms with E-state index in [9.17, 15) is 14.4 Å². The predicted octanol–water partition coefficient (Wildman–Crippen LogP) is 2.80. The molecule has 3 rings (SSSR count). The minimum Gasteiger partial charge on any atom is -0.495 e. The molecular weight excluding hydrogens is 598 g/mol. The highest BCUT2D eigenvalue weighted by atomic mass is 127. The zero-order chi connectivity index (χ0) is 19.6. The molecule has 2 aliphatic heterocycles. The Kier molecular flexibility index (Phi) is 7.03. The first-order valence-electron chi connectivity index (χ1n) is 8.04. The summed E-state index contributed by atoms with van der Waals surface area (Å²) in [7, 11) is 1.61. The van der Waals surface area contributed by atoms with E-state index in [0.717, 1.165) is 35.1 Å². The van der Waals surface area contributed by atoms with Crippen LogP contribution in [0.2, 0.25) is 0 Å². The van der Waals surface area contributed by atoms with Crippen LogP contribution in [0.3, 0.4) is 0 Å². The Morgan fingerprint density at radius 1 is 1.26 bits per heavy atom. The zero-order valence-electron chi connectivity index (χ0n) is 14.4. The quantitative estimate of drug-likeness (QED) is 0.384. The van der Waals surface area contributed by atoms with E-state index in [-0.39, 0.29) is 12.5 Å². The van der Waals surface area contributed by atoms with Crippen molar-refractivity contribution in [3.05, 3.63) is 29.7 Å². The second kappa shape index (κ2) is 9.09. The van der Waals surface area contributed by atoms with Crippen molar-refractivity contribution < 1.29 is 23.9 Å². The molecular formula is C17H16I2N2O5S. The molecule has 0 atom stereocenters. The summed E-state index contributed by atoms with van der Waals surface area (Å²) in [6.45, 7) is 1.67. The molecule has 144 valence electrons. The van der Waals surface area contributed by atoms with Gasteiger partial charge in [-0.25, -0.2) is 0 Å². The van der Waals surface area contributed by atoms with Gasteiger partial charge in [0.2, 0.25) is 5.91 Å². The van der Waals surface area contributed by atoms with Gasteiger partial charge in [0.25, 0.3) is 11.1 Å². The van der Waals surface area contributed by atoms with Crippen LogP contribution in [-0.4, -0.2) is 66.8 Å². The van der Waals surface area contributed by atoms with Crippen molar-refractivity contribution >= 4 is 80.1 Å². The molecule has 0 spiro atoms. The third-order valence-electron chi connectivity index (χ3n) is 4.05. The molecule has 27 heavy (non-hydrogen) atoms. The minimum atomic E-state index is -0.438. The first-order chi connectivity index (χ1) is 12.9. The van der Waals surface area contributed by atoms with Crippen LogP contribution in [0.1, 0.15) is 5.56 Å². The van der Waals surface area contributed by atoms with Gasteiger partial charge in [0.15, 0.2) is 0 Å². The Labute approximate surface area is 188 Å². The number of hydrogen-bond donors (Lipinski definition) is 0. The second-order valence-electron chi connectivity index (χ2n) is 5.78. The van der Waals surface area contributed by atoms with Gasteiger partial charge in [-0.1, -0.05) is 0 Å². The van der Waals surface area contributed by atoms with Gasteiger partial charge >= 0.3 is 0 Å². The maximum absolute atomic E-state index is 12.6. The fourth-order valence-corrected chi connectivity index (χ4v) is 5.79. The molecule has 10 heteroatoms. The van der Waals surface area contributed by atoms with Crippen LogP contribution in [0, 0.1) is 7.14 Å². The number of methoxy groups -OCH3 is 1. The van der Waals surface area contributed by atoms with Crippen molar-refractivity contribution in [1.82, 2.24) is 9.80 Å². The van der Waals surface area contributed by atoms with Gasteiger partial charge < -0.3 is 14.4 Å². The van der Waals surface area contributed by atoms with E-state index in [1.165, 1.54) is 0 Å². The first-order valence-corrected chi connectivity index (χ1v) is 11.0. The normalized spacial score (nSPS) is 19.1. The van der Waals surface area contributed by atoms with Crippen LogP contribution in [0.5, 0.6) is 5.75 Å². The lowest BCUT2D eigenvalue weighted by Crippen LogP contribution is -2.46. The molecule has 0 N–H and O–H groups in total. The SMILES string of the molecule is COc1c(I)cc(/C=C2/SC(=O)N(CC(=O)N3CCOCC3)C2=O)cc1I. The molecule has 1 aromatic rings. The topological polar surface area (TPSA) is 76.2 Å². The van der Waals surface area contributed by atoms with Crippen LogP contribution in [0.15, 0.2) is 17.0 Å². The van der Waals surface area contributed by atoms with Crippen molar-refractivity contribution in [1.29, 1.82) is 0 Å². The molecule has 2 saturated heterocycles. The highest BCUT2D eigenvalue weighted by molar-refractivity contribution is 14.1. The number of imide groups is 1. The average Bonchev–Trinajstić information content (AvgIpc) is 2.89. The Morgan fingerprint density at radius 2 is 1.89 bits per heavy atom. The van der Waals surface area contributed by atoms with Crippen LogP contribution in [0.4, 0.5) is 4.79 Å². The summed E-state index contributed by atoms with van der Waals surface area (Å²) in [6.07, 6.45) is 1.67. The van der Waals surface area contributed by atoms with Crippen molar-refractivity contribution in [3.63, 3.8) is 0 Å². The lowest BCUT2D eigenvalue weighted by Gasteiger charge is -2.28. The number of thioether (sulfide) groups is 1. The van der Waals surface area contributed by atoms with E-state index >= 15 is 0 Å². The summed E-state index contributed by atoms with van der Waals surface area (Å²) in [4.78, 5) is 40.2. The molecule has 7 nitrogen and oxygen atoms in total. The molecule has 0 saturated carbocycles. The molecule has 3 amide bonds. The van der Waals surface area contributed by atoms with Gasteiger partial charge in [-0.3, -0.25) is 19.3 Å². The summed E-state index contributed by atoms with van der Waals surface area (Å²) in [5.41, 5.74) is 0.801. The third-order valence-corrected chi connectivity index (χ3v) is 6.56. The smallest absolute Gasteiger partial charge is 0.294 e. The number of halogens is 2. The van der Waals surface area contributed by atoms with Crippen LogP contribution >= 0.6 is 56.9 Å². The number of morpholine rings is 1. The molecule has 0 radical (unpaired) electrons. The van der Waals surface area contributed by atoms with Gasteiger partial charge in [0.1, 0.15) is 12.3 Å². The average molecular weight is 614 g/mol. The highest BCUT2D eigenvalue weighted by Crippen LogP contribution is 2.34. The molecule has 2 heterocycles. The number of carbonyl (C=O) groups excluding carboxylic acids is 3. The molecule has 2 aliphatic rings. The number of amides is 3. The summed E-state index contributed by atoms with van der Waals surface area (Å²) < 4.78 is 12.4. The molecule has 2 fully saturated rings. The third kappa shape index (κ3) is 4.77. The fourth-order valence-electron chi connectivity index (χ4n) is 2.69. The monoisotopic (exact) mass is 614 g/mol. The summed E-state index contributed by atoms with van der Waals surface area (Å²) in [6, 6.07) is 3.77. The van der Waals surface area contributed by atoms with E-state index in [1.54, 1.807) is 18.1 Å². The molecule has 1 aromatic carbocycles. The Hall–Kier alpha value is -0.860. The number of hydrogen-bond acceptors (Lipinski definition) is 6. The van der Waals surface area contributed by atoms with Crippen molar-refractivity contribution in [2.75, 3.05) is 40.0 Å². The Morgan fingerprint density at radius 3 is 2.48 bits per heavy atom. The summed E-state index contributed by atoms with van der Waals surface area (Å²) in [5.74, 6) is 0.0976. The van der Waals surface area contributed by atoms with Gasteiger partial charge in [0.05, 0.1) is 32.4 Å². The van der Waals surface area contributed by atoms with E-state index in [2.05, 4.69) is 45.2 Å². The lowest BCUT2D eigenvalue weighted by atomic mass is 10.2. The number of nitrogens with zero attached hydrogens (tertiary/aromatic N) is 2. The van der Waals surface area contributed by atoms with Gasteiger partial charge in [-0.05, 0) is 80.7 Å². The maximum Gasteiger partial charge on any atom is 0.294 e. The molecule has 0 unspecified atom stereocenters. The van der Waals surface area contributed by atoms with E-state index in [0.29, 0.717) is 31.2 Å². The van der Waals surface area contributed by atoms with Crippen LogP contribution < -0.4 is 4.74 Å². The van der Waals surface area contributed by atoms with Gasteiger partial charge in [-0.15, -0.1) is 0 Å². The zero-order valence-corrected chi connectivity index (χ0v) is 19.5. The van der Waals surface area contributed by atoms with Crippen molar-refractivity contribution in [2.45, 2.75) is 0 Å². The minimum absolute atomic E-state index is 0.236. The number of rotatable bonds is 4. The number of benzene rings is 1. The summed E-state index contributed by atoms with van der Waals surface area (Å²) in [5, 5.41) is -0.425. The first kappa shape index (κ1) is 20.9. The van der Waals surface area contributed by atoms with E-state index < -0.39 is 11.1 Å². The summed E-state index contributed by atoms with van der Waals surface area (Å²) >= 11 is 5.18. The number of ether oxygens (including phenoxy) is 2. The number of carbonyl (C=O) groups is 3. The molecule has 0 bridgehead atoms. The molecule has 0 aliphatic carbocycles. The van der Waals surface area contributed by atoms with Crippen LogP contribution in [0.25, 0.3) is 6.08 Å². The fraction of sp³-hybridized carbons (Fsp3) is 0.353. The highest BCUT2D eigenvalue weighted by Gasteiger charge is 2.37. The predicted molar refractivity (Wildman–Crippen MR) is 119 cm³/mol. The Bertz CT molecular complexity index is 801. The van der Waals surface area contributed by atoms with Crippen molar-refractivity contribution in [2.24, 2.45) is 0 Å². The van der Waals surface area contributed by atoms with E-state index in [1.807, 2.05) is 12.1 Å². The molecule has 0 aromatic heterocycles. The second-order valence-corrected chi connectivity index (χ2v) is 9.10. The largest absolute Gasteiger partial charge is 0.495 e. The Balaban J connectivity index is 1.75. The maximum atomic E-state index is 12.6. The van der Waals surface area contributed by atoms with E-state index in [4.69, 9.17) is 9.47 Å². The lowest BCUT2D eigenvalue weighted by molar-refractivity contribution is -0.139.